The Bertz CT molecular complexity index is 361. The Labute approximate surface area is 102 Å². The number of hydrogen-bond donors (Lipinski definition) is 1. The zero-order chi connectivity index (χ0) is 13.1. The van der Waals surface area contributed by atoms with E-state index in [4.69, 9.17) is 10.5 Å². The molecule has 0 aromatic carbocycles. The molecule has 17 heavy (non-hydrogen) atoms. The molecule has 0 bridgehead atoms. The van der Waals surface area contributed by atoms with Gasteiger partial charge in [0.05, 0.1) is 19.0 Å². The second-order valence-corrected chi connectivity index (χ2v) is 6.75. The SMILES string of the molecule is CC(N)CS(=O)(=O)C(C)C(=O)N1CCOCC1. The zero-order valence-electron chi connectivity index (χ0n) is 10.3. The Morgan fingerprint density at radius 2 is 1.88 bits per heavy atom. The molecular weight excluding hydrogens is 244 g/mol. The average Bonchev–Trinajstić information content (AvgIpc) is 2.26. The first kappa shape index (κ1) is 14.4. The van der Waals surface area contributed by atoms with E-state index in [2.05, 4.69) is 0 Å². The molecular formula is C10H20N2O4S. The minimum absolute atomic E-state index is 0.162. The normalized spacial score (nSPS) is 21.0. The van der Waals surface area contributed by atoms with Crippen LogP contribution in [0.15, 0.2) is 0 Å². The molecule has 1 aliphatic heterocycles. The summed E-state index contributed by atoms with van der Waals surface area (Å²) in [5.74, 6) is -0.515. The number of ether oxygens (including phenoxy) is 1. The Kier molecular flexibility index (Phi) is 4.91. The summed E-state index contributed by atoms with van der Waals surface area (Å²) < 4.78 is 28.8. The number of nitrogens with two attached hydrogens (primary N) is 1. The van der Waals surface area contributed by atoms with Gasteiger partial charge in [-0.25, -0.2) is 8.42 Å². The zero-order valence-corrected chi connectivity index (χ0v) is 11.1. The molecule has 0 saturated carbocycles. The molecule has 2 atom stereocenters. The van der Waals surface area contributed by atoms with E-state index >= 15 is 0 Å². The van der Waals surface area contributed by atoms with Gasteiger partial charge in [0.25, 0.3) is 0 Å². The minimum atomic E-state index is -3.47. The van der Waals surface area contributed by atoms with Crippen molar-refractivity contribution in [1.82, 2.24) is 4.90 Å². The summed E-state index contributed by atoms with van der Waals surface area (Å²) in [4.78, 5) is 13.5. The lowest BCUT2D eigenvalue weighted by Gasteiger charge is -2.29. The molecule has 0 aromatic heterocycles. The van der Waals surface area contributed by atoms with E-state index in [1.165, 1.54) is 11.8 Å². The van der Waals surface area contributed by atoms with E-state index in [0.717, 1.165) is 0 Å². The summed E-state index contributed by atoms with van der Waals surface area (Å²) in [7, 11) is -3.47. The van der Waals surface area contributed by atoms with Crippen LogP contribution in [0.25, 0.3) is 0 Å². The first-order valence-corrected chi connectivity index (χ1v) is 7.40. The molecule has 1 fully saturated rings. The molecule has 0 aliphatic carbocycles. The van der Waals surface area contributed by atoms with Gasteiger partial charge in [0, 0.05) is 19.1 Å². The number of rotatable bonds is 4. The van der Waals surface area contributed by atoms with Crippen molar-refractivity contribution < 1.29 is 17.9 Å². The molecule has 6 nitrogen and oxygen atoms in total. The van der Waals surface area contributed by atoms with Crippen molar-refractivity contribution in [2.75, 3.05) is 32.1 Å². The van der Waals surface area contributed by atoms with Gasteiger partial charge < -0.3 is 15.4 Å². The van der Waals surface area contributed by atoms with Gasteiger partial charge in [-0.2, -0.15) is 0 Å². The number of morpholine rings is 1. The Balaban J connectivity index is 2.68. The third kappa shape index (κ3) is 3.93. The van der Waals surface area contributed by atoms with Crippen LogP contribution >= 0.6 is 0 Å². The highest BCUT2D eigenvalue weighted by Gasteiger charge is 2.32. The van der Waals surface area contributed by atoms with E-state index in [9.17, 15) is 13.2 Å². The van der Waals surface area contributed by atoms with Gasteiger partial charge >= 0.3 is 0 Å². The topological polar surface area (TPSA) is 89.7 Å². The van der Waals surface area contributed by atoms with Gasteiger partial charge in [0.15, 0.2) is 9.84 Å². The molecule has 1 amide bonds. The largest absolute Gasteiger partial charge is 0.378 e. The molecule has 0 aromatic rings. The van der Waals surface area contributed by atoms with Gasteiger partial charge in [-0.05, 0) is 13.8 Å². The molecule has 2 unspecified atom stereocenters. The summed E-state index contributed by atoms with van der Waals surface area (Å²) >= 11 is 0. The first-order chi connectivity index (χ1) is 7.84. The average molecular weight is 264 g/mol. The van der Waals surface area contributed by atoms with Crippen molar-refractivity contribution in [2.24, 2.45) is 5.73 Å². The van der Waals surface area contributed by atoms with Gasteiger partial charge in [-0.3, -0.25) is 4.79 Å². The minimum Gasteiger partial charge on any atom is -0.378 e. The van der Waals surface area contributed by atoms with Crippen LogP contribution in [0.1, 0.15) is 13.8 Å². The lowest BCUT2D eigenvalue weighted by Crippen LogP contribution is -2.48. The van der Waals surface area contributed by atoms with Crippen molar-refractivity contribution >= 4 is 15.7 Å². The third-order valence-corrected chi connectivity index (χ3v) is 4.97. The van der Waals surface area contributed by atoms with Gasteiger partial charge in [0.2, 0.25) is 5.91 Å². The lowest BCUT2D eigenvalue weighted by molar-refractivity contribution is -0.134. The van der Waals surface area contributed by atoms with Crippen LogP contribution in [0, 0.1) is 0 Å². The van der Waals surface area contributed by atoms with E-state index in [-0.39, 0.29) is 11.7 Å². The van der Waals surface area contributed by atoms with Crippen LogP contribution in [0.4, 0.5) is 0 Å². The number of carbonyl (C=O) groups excluding carboxylic acids is 1. The summed E-state index contributed by atoms with van der Waals surface area (Å²) in [6, 6.07) is -0.458. The van der Waals surface area contributed by atoms with Gasteiger partial charge in [0.1, 0.15) is 5.25 Å². The van der Waals surface area contributed by atoms with Crippen LogP contribution < -0.4 is 5.73 Å². The number of nitrogens with zero attached hydrogens (tertiary/aromatic N) is 1. The molecule has 1 saturated heterocycles. The fraction of sp³-hybridized carbons (Fsp3) is 0.900. The second kappa shape index (κ2) is 5.79. The smallest absolute Gasteiger partial charge is 0.240 e. The number of hydrogen-bond acceptors (Lipinski definition) is 5. The highest BCUT2D eigenvalue weighted by molar-refractivity contribution is 7.92. The fourth-order valence-corrected chi connectivity index (χ4v) is 3.18. The highest BCUT2D eigenvalue weighted by atomic mass is 32.2. The van der Waals surface area contributed by atoms with Crippen molar-refractivity contribution in [3.05, 3.63) is 0 Å². The van der Waals surface area contributed by atoms with E-state index in [1.54, 1.807) is 6.92 Å². The molecule has 7 heteroatoms. The van der Waals surface area contributed by atoms with Crippen molar-refractivity contribution in [3.63, 3.8) is 0 Å². The Morgan fingerprint density at radius 3 is 2.35 bits per heavy atom. The number of amides is 1. The maximum absolute atomic E-state index is 12.0. The van der Waals surface area contributed by atoms with Crippen LogP contribution in [0.5, 0.6) is 0 Å². The molecule has 1 heterocycles. The maximum Gasteiger partial charge on any atom is 0.240 e. The molecule has 1 aliphatic rings. The summed E-state index contributed by atoms with van der Waals surface area (Å²) in [6.07, 6.45) is 0. The highest BCUT2D eigenvalue weighted by Crippen LogP contribution is 2.09. The van der Waals surface area contributed by atoms with Gasteiger partial charge in [-0.15, -0.1) is 0 Å². The standard InChI is InChI=1S/C10H20N2O4S/c1-8(11)7-17(14,15)9(2)10(13)12-3-5-16-6-4-12/h8-9H,3-7,11H2,1-2H3. The Hall–Kier alpha value is -0.660. The number of carbonyl (C=O) groups is 1. The first-order valence-electron chi connectivity index (χ1n) is 5.68. The third-order valence-electron chi connectivity index (χ3n) is 2.70. The predicted octanol–water partition coefficient (Wildman–Crippen LogP) is -1.00. The molecule has 100 valence electrons. The summed E-state index contributed by atoms with van der Waals surface area (Å²) in [5, 5.41) is -1.02. The van der Waals surface area contributed by atoms with E-state index < -0.39 is 21.1 Å². The van der Waals surface area contributed by atoms with Crippen LogP contribution in [-0.2, 0) is 19.4 Å². The second-order valence-electron chi connectivity index (χ2n) is 4.39. The van der Waals surface area contributed by atoms with Gasteiger partial charge in [-0.1, -0.05) is 0 Å². The van der Waals surface area contributed by atoms with E-state index in [0.29, 0.717) is 26.3 Å². The van der Waals surface area contributed by atoms with Crippen LogP contribution in [0.2, 0.25) is 0 Å². The summed E-state index contributed by atoms with van der Waals surface area (Å²) in [6.45, 7) is 4.88. The molecule has 1 rings (SSSR count). The predicted molar refractivity (Wildman–Crippen MR) is 64.3 cm³/mol. The lowest BCUT2D eigenvalue weighted by atomic mass is 10.3. The molecule has 0 spiro atoms. The fourth-order valence-electron chi connectivity index (χ4n) is 1.71. The van der Waals surface area contributed by atoms with E-state index in [1.807, 2.05) is 0 Å². The molecule has 2 N–H and O–H groups in total. The Morgan fingerprint density at radius 1 is 1.35 bits per heavy atom. The molecule has 0 radical (unpaired) electrons. The summed E-state index contributed by atoms with van der Waals surface area (Å²) in [5.41, 5.74) is 5.47. The monoisotopic (exact) mass is 264 g/mol. The van der Waals surface area contributed by atoms with Crippen molar-refractivity contribution in [3.8, 4) is 0 Å². The number of sulfone groups is 1. The van der Waals surface area contributed by atoms with Crippen molar-refractivity contribution in [2.45, 2.75) is 25.1 Å². The quantitative estimate of drug-likeness (QED) is 0.703. The maximum atomic E-state index is 12.0. The van der Waals surface area contributed by atoms with Crippen molar-refractivity contribution in [1.29, 1.82) is 0 Å². The van der Waals surface area contributed by atoms with Crippen LogP contribution in [-0.4, -0.2) is 62.6 Å². The van der Waals surface area contributed by atoms with Crippen LogP contribution in [0.3, 0.4) is 0 Å².